The van der Waals surface area contributed by atoms with Gasteiger partial charge in [-0.1, -0.05) is 93.8 Å². The molecule has 2 rings (SSSR count). The summed E-state index contributed by atoms with van der Waals surface area (Å²) >= 11 is 0. The van der Waals surface area contributed by atoms with Crippen molar-refractivity contribution in [3.05, 3.63) is 71.8 Å². The minimum Gasteiger partial charge on any atom is -0.359 e. The number of rotatable bonds is 12. The molecular formula is C24H30O3. The van der Waals surface area contributed by atoms with Crippen LogP contribution in [0.4, 0.5) is 0 Å². The molecule has 0 unspecified atom stereocenters. The second kappa shape index (κ2) is 10.8. The van der Waals surface area contributed by atoms with Gasteiger partial charge in [-0.25, -0.2) is 0 Å². The molecule has 0 radical (unpaired) electrons. The zero-order chi connectivity index (χ0) is 19.5. The number of ketones is 2. The Balaban J connectivity index is 2.46. The van der Waals surface area contributed by atoms with Gasteiger partial charge in [-0.15, -0.1) is 0 Å². The number of ether oxygens (including phenoxy) is 1. The predicted octanol–water partition coefficient (Wildman–Crippen LogP) is 5.89. The van der Waals surface area contributed by atoms with Crippen molar-refractivity contribution in [1.29, 1.82) is 0 Å². The summed E-state index contributed by atoms with van der Waals surface area (Å²) in [7, 11) is 0. The Morgan fingerprint density at radius 2 is 1.22 bits per heavy atom. The topological polar surface area (TPSA) is 43.4 Å². The van der Waals surface area contributed by atoms with Crippen molar-refractivity contribution in [3.63, 3.8) is 0 Å². The smallest absolute Gasteiger partial charge is 0.202 e. The molecule has 0 saturated heterocycles. The normalized spacial score (nSPS) is 11.3. The van der Waals surface area contributed by atoms with Crippen LogP contribution in [0.15, 0.2) is 60.7 Å². The molecule has 0 heterocycles. The van der Waals surface area contributed by atoms with Gasteiger partial charge in [-0.2, -0.15) is 0 Å². The lowest BCUT2D eigenvalue weighted by Crippen LogP contribution is -2.49. The van der Waals surface area contributed by atoms with E-state index < -0.39 is 5.60 Å². The summed E-state index contributed by atoms with van der Waals surface area (Å²) in [4.78, 5) is 27.0. The van der Waals surface area contributed by atoms with Gasteiger partial charge >= 0.3 is 0 Å². The van der Waals surface area contributed by atoms with E-state index in [1.54, 1.807) is 24.3 Å². The molecule has 2 aromatic rings. The van der Waals surface area contributed by atoms with E-state index in [2.05, 4.69) is 13.8 Å². The predicted molar refractivity (Wildman–Crippen MR) is 109 cm³/mol. The molecule has 0 fully saturated rings. The molecule has 2 aromatic carbocycles. The largest absolute Gasteiger partial charge is 0.359 e. The van der Waals surface area contributed by atoms with E-state index in [4.69, 9.17) is 4.74 Å². The van der Waals surface area contributed by atoms with Gasteiger partial charge < -0.3 is 4.74 Å². The van der Waals surface area contributed by atoms with Crippen LogP contribution in [-0.4, -0.2) is 23.8 Å². The number of Topliss-reactive ketones (excluding diaryl/α,β-unsaturated/α-hetero) is 2. The summed E-state index contributed by atoms with van der Waals surface area (Å²) in [5.74, 6) is -0.465. The van der Waals surface area contributed by atoms with E-state index in [0.717, 1.165) is 32.1 Å². The number of hydrogen-bond donors (Lipinski definition) is 0. The molecule has 0 aliphatic carbocycles. The van der Waals surface area contributed by atoms with E-state index in [1.165, 1.54) is 0 Å². The molecule has 0 amide bonds. The van der Waals surface area contributed by atoms with Crippen molar-refractivity contribution in [3.8, 4) is 0 Å². The standard InChI is InChI=1S/C24H30O3/c1-3-5-13-18-24(27-19-6-4-2,22(25)20-14-9-7-10-15-20)23(26)21-16-11-8-12-17-21/h7-12,14-17H,3-6,13,18-19H2,1-2H3. The highest BCUT2D eigenvalue weighted by Crippen LogP contribution is 2.30. The summed E-state index contributed by atoms with van der Waals surface area (Å²) in [5.41, 5.74) is -0.405. The lowest BCUT2D eigenvalue weighted by atomic mass is 9.81. The average Bonchev–Trinajstić information content (AvgIpc) is 2.73. The minimum atomic E-state index is -1.45. The highest BCUT2D eigenvalue weighted by atomic mass is 16.5. The highest BCUT2D eigenvalue weighted by Gasteiger charge is 2.46. The van der Waals surface area contributed by atoms with Crippen molar-refractivity contribution >= 4 is 11.6 Å². The Morgan fingerprint density at radius 1 is 0.741 bits per heavy atom. The maximum absolute atomic E-state index is 13.5. The van der Waals surface area contributed by atoms with Gasteiger partial charge in [0.1, 0.15) is 0 Å². The van der Waals surface area contributed by atoms with E-state index in [-0.39, 0.29) is 11.6 Å². The maximum atomic E-state index is 13.5. The molecule has 0 atom stereocenters. The van der Waals surface area contributed by atoms with Gasteiger partial charge in [-0.3, -0.25) is 9.59 Å². The molecule has 0 aliphatic rings. The Hall–Kier alpha value is -2.26. The third-order valence-corrected chi connectivity index (χ3v) is 4.78. The Labute approximate surface area is 162 Å². The number of hydrogen-bond acceptors (Lipinski definition) is 3. The first-order valence-electron chi connectivity index (χ1n) is 9.99. The second-order valence-corrected chi connectivity index (χ2v) is 6.88. The molecular weight excluding hydrogens is 336 g/mol. The molecule has 27 heavy (non-hydrogen) atoms. The van der Waals surface area contributed by atoms with Crippen LogP contribution < -0.4 is 0 Å². The fourth-order valence-electron chi connectivity index (χ4n) is 3.19. The first kappa shape index (κ1) is 21.0. The van der Waals surface area contributed by atoms with Crippen LogP contribution in [0.1, 0.15) is 73.1 Å². The van der Waals surface area contributed by atoms with Gasteiger partial charge in [-0.05, 0) is 19.3 Å². The van der Waals surface area contributed by atoms with Gasteiger partial charge in [0, 0.05) is 17.7 Å². The Kier molecular flexibility index (Phi) is 8.41. The van der Waals surface area contributed by atoms with Crippen LogP contribution in [-0.2, 0) is 4.74 Å². The number of benzene rings is 2. The van der Waals surface area contributed by atoms with Crippen LogP contribution in [0.25, 0.3) is 0 Å². The molecule has 0 N–H and O–H groups in total. The molecule has 0 bridgehead atoms. The van der Waals surface area contributed by atoms with Crippen molar-refractivity contribution < 1.29 is 14.3 Å². The van der Waals surface area contributed by atoms with Crippen LogP contribution in [0.5, 0.6) is 0 Å². The maximum Gasteiger partial charge on any atom is 0.202 e. The number of carbonyl (C=O) groups excluding carboxylic acids is 2. The molecule has 0 saturated carbocycles. The quantitative estimate of drug-likeness (QED) is 0.267. The van der Waals surface area contributed by atoms with Crippen molar-refractivity contribution in [1.82, 2.24) is 0 Å². The van der Waals surface area contributed by atoms with Gasteiger partial charge in [0.15, 0.2) is 5.60 Å². The van der Waals surface area contributed by atoms with E-state index in [0.29, 0.717) is 24.2 Å². The fourth-order valence-corrected chi connectivity index (χ4v) is 3.19. The first-order chi connectivity index (χ1) is 13.2. The molecule has 144 valence electrons. The Morgan fingerprint density at radius 3 is 1.67 bits per heavy atom. The zero-order valence-electron chi connectivity index (χ0n) is 16.4. The zero-order valence-corrected chi connectivity index (χ0v) is 16.4. The first-order valence-corrected chi connectivity index (χ1v) is 9.99. The van der Waals surface area contributed by atoms with E-state index in [1.807, 2.05) is 36.4 Å². The molecule has 3 nitrogen and oxygen atoms in total. The molecule has 0 spiro atoms. The monoisotopic (exact) mass is 366 g/mol. The van der Waals surface area contributed by atoms with Crippen LogP contribution in [0.3, 0.4) is 0 Å². The molecule has 3 heteroatoms. The third kappa shape index (κ3) is 5.36. The summed E-state index contributed by atoms with van der Waals surface area (Å²) in [6, 6.07) is 18.1. The van der Waals surface area contributed by atoms with Crippen LogP contribution in [0, 0.1) is 0 Å². The summed E-state index contributed by atoms with van der Waals surface area (Å²) in [6.45, 7) is 4.58. The molecule has 0 aromatic heterocycles. The Bertz CT molecular complexity index is 643. The SMILES string of the molecule is CCCCCC(OCCCC)(C(=O)c1ccccc1)C(=O)c1ccccc1. The van der Waals surface area contributed by atoms with Crippen LogP contribution >= 0.6 is 0 Å². The lowest BCUT2D eigenvalue weighted by molar-refractivity contribution is -0.0191. The van der Waals surface area contributed by atoms with Crippen molar-refractivity contribution in [2.24, 2.45) is 0 Å². The van der Waals surface area contributed by atoms with Gasteiger partial charge in [0.2, 0.25) is 11.6 Å². The number of unbranched alkanes of at least 4 members (excludes halogenated alkanes) is 3. The highest BCUT2D eigenvalue weighted by molar-refractivity contribution is 6.22. The van der Waals surface area contributed by atoms with E-state index in [9.17, 15) is 9.59 Å². The third-order valence-electron chi connectivity index (χ3n) is 4.78. The summed E-state index contributed by atoms with van der Waals surface area (Å²) < 4.78 is 6.15. The van der Waals surface area contributed by atoms with Crippen molar-refractivity contribution in [2.75, 3.05) is 6.61 Å². The average molecular weight is 367 g/mol. The van der Waals surface area contributed by atoms with Crippen LogP contribution in [0.2, 0.25) is 0 Å². The second-order valence-electron chi connectivity index (χ2n) is 6.88. The number of carbonyl (C=O) groups is 2. The minimum absolute atomic E-state index is 0.232. The summed E-state index contributed by atoms with van der Waals surface area (Å²) in [6.07, 6.45) is 4.93. The fraction of sp³-hybridized carbons (Fsp3) is 0.417. The van der Waals surface area contributed by atoms with Crippen molar-refractivity contribution in [2.45, 2.75) is 58.0 Å². The van der Waals surface area contributed by atoms with Gasteiger partial charge in [0.05, 0.1) is 0 Å². The van der Waals surface area contributed by atoms with Gasteiger partial charge in [0.25, 0.3) is 0 Å². The molecule has 0 aliphatic heterocycles. The van der Waals surface area contributed by atoms with E-state index >= 15 is 0 Å². The lowest BCUT2D eigenvalue weighted by Gasteiger charge is -2.31. The summed E-state index contributed by atoms with van der Waals surface area (Å²) in [5, 5.41) is 0.